The van der Waals surface area contributed by atoms with Crippen LogP contribution in [0.15, 0.2) is 91.0 Å². The van der Waals surface area contributed by atoms with Crippen LogP contribution < -0.4 is 5.32 Å². The quantitative estimate of drug-likeness (QED) is 0.228. The molecule has 0 aliphatic heterocycles. The van der Waals surface area contributed by atoms with Gasteiger partial charge in [0.15, 0.2) is 0 Å². The summed E-state index contributed by atoms with van der Waals surface area (Å²) in [7, 11) is 0. The highest BCUT2D eigenvalue weighted by Crippen LogP contribution is 2.28. The van der Waals surface area contributed by atoms with Crippen molar-refractivity contribution in [2.24, 2.45) is 0 Å². The summed E-state index contributed by atoms with van der Waals surface area (Å²) in [6, 6.07) is 28.5. The molecule has 0 heterocycles. The second-order valence-corrected chi connectivity index (χ2v) is 10.5. The van der Waals surface area contributed by atoms with E-state index in [9.17, 15) is 9.59 Å². The van der Waals surface area contributed by atoms with Crippen molar-refractivity contribution in [2.75, 3.05) is 0 Å². The predicted octanol–water partition coefficient (Wildman–Crippen LogP) is 7.24. The highest BCUT2D eigenvalue weighted by atomic mass is 35.5. The average molecular weight is 548 g/mol. The zero-order chi connectivity index (χ0) is 27.1. The smallest absolute Gasteiger partial charge is 0.243 e. The lowest BCUT2D eigenvalue weighted by atomic mass is 9.99. The van der Waals surface area contributed by atoms with E-state index >= 15 is 0 Å². The van der Waals surface area contributed by atoms with Gasteiger partial charge in [0, 0.05) is 41.0 Å². The fraction of sp³-hybridized carbons (Fsp3) is 0.250. The summed E-state index contributed by atoms with van der Waals surface area (Å²) in [5, 5.41) is 6.20. The van der Waals surface area contributed by atoms with E-state index in [-0.39, 0.29) is 30.8 Å². The third-order valence-electron chi connectivity index (χ3n) is 6.58. The number of carbonyl (C=O) groups excluding carboxylic acids is 2. The van der Waals surface area contributed by atoms with Gasteiger partial charge in [0.1, 0.15) is 6.04 Å². The van der Waals surface area contributed by atoms with Gasteiger partial charge in [-0.25, -0.2) is 0 Å². The summed E-state index contributed by atoms with van der Waals surface area (Å²) in [5.41, 5.74) is 2.69. The molecule has 0 radical (unpaired) electrons. The fourth-order valence-corrected chi connectivity index (χ4v) is 5.20. The normalized spacial score (nSPS) is 11.9. The first-order chi connectivity index (χ1) is 18.3. The van der Waals surface area contributed by atoms with E-state index < -0.39 is 6.04 Å². The van der Waals surface area contributed by atoms with Gasteiger partial charge in [0.05, 0.1) is 0 Å². The van der Waals surface area contributed by atoms with Gasteiger partial charge in [-0.3, -0.25) is 9.59 Å². The average Bonchev–Trinajstić information content (AvgIpc) is 2.91. The highest BCUT2D eigenvalue weighted by Gasteiger charge is 2.31. The van der Waals surface area contributed by atoms with Crippen LogP contribution in [0.1, 0.15) is 37.0 Å². The Hall–Kier alpha value is -3.34. The maximum atomic E-state index is 14.0. The predicted molar refractivity (Wildman–Crippen MR) is 156 cm³/mol. The molecular weight excluding hydrogens is 515 g/mol. The van der Waals surface area contributed by atoms with Crippen molar-refractivity contribution in [3.8, 4) is 0 Å². The summed E-state index contributed by atoms with van der Waals surface area (Å²) in [6.07, 6.45) is 1.18. The Labute approximate surface area is 234 Å². The van der Waals surface area contributed by atoms with E-state index in [4.69, 9.17) is 23.2 Å². The number of halogens is 2. The molecule has 1 atom stereocenters. The number of amides is 2. The SMILES string of the molecule is CC(C)NC(=O)C(Cc1ccccc1)N(Cc1c(Cl)cccc1Cl)C(=O)CCc1cccc2ccccc12. The third-order valence-corrected chi connectivity index (χ3v) is 7.29. The molecule has 38 heavy (non-hydrogen) atoms. The molecule has 4 aromatic carbocycles. The monoisotopic (exact) mass is 546 g/mol. The van der Waals surface area contributed by atoms with Crippen molar-refractivity contribution in [3.05, 3.63) is 118 Å². The molecule has 4 rings (SSSR count). The van der Waals surface area contributed by atoms with E-state index in [1.807, 2.05) is 62.4 Å². The summed E-state index contributed by atoms with van der Waals surface area (Å²) in [5.74, 6) is -0.334. The zero-order valence-electron chi connectivity index (χ0n) is 21.7. The van der Waals surface area contributed by atoms with E-state index in [0.29, 0.717) is 28.5 Å². The summed E-state index contributed by atoms with van der Waals surface area (Å²) >= 11 is 13.0. The van der Waals surface area contributed by atoms with Crippen molar-refractivity contribution < 1.29 is 9.59 Å². The number of fused-ring (bicyclic) bond motifs is 1. The first-order valence-electron chi connectivity index (χ1n) is 12.9. The second kappa shape index (κ2) is 12.9. The minimum atomic E-state index is -0.729. The minimum Gasteiger partial charge on any atom is -0.352 e. The second-order valence-electron chi connectivity index (χ2n) is 9.73. The molecule has 4 nitrogen and oxygen atoms in total. The number of rotatable bonds is 10. The van der Waals surface area contributed by atoms with E-state index in [1.165, 1.54) is 0 Å². The lowest BCUT2D eigenvalue weighted by molar-refractivity contribution is -0.141. The number of hydrogen-bond acceptors (Lipinski definition) is 2. The number of carbonyl (C=O) groups is 2. The fourth-order valence-electron chi connectivity index (χ4n) is 4.68. The van der Waals surface area contributed by atoms with Crippen molar-refractivity contribution in [1.82, 2.24) is 10.2 Å². The van der Waals surface area contributed by atoms with Gasteiger partial charge in [0.2, 0.25) is 11.8 Å². The maximum Gasteiger partial charge on any atom is 0.243 e. The van der Waals surface area contributed by atoms with Crippen LogP contribution in [-0.2, 0) is 29.0 Å². The van der Waals surface area contributed by atoms with Gasteiger partial charge in [-0.2, -0.15) is 0 Å². The summed E-state index contributed by atoms with van der Waals surface area (Å²) in [4.78, 5) is 29.1. The Balaban J connectivity index is 1.68. The molecular formula is C32H32Cl2N2O2. The number of nitrogens with one attached hydrogen (secondary N) is 1. The van der Waals surface area contributed by atoms with Crippen LogP contribution in [0, 0.1) is 0 Å². The lowest BCUT2D eigenvalue weighted by Gasteiger charge is -2.32. The molecule has 196 valence electrons. The molecule has 0 saturated heterocycles. The highest BCUT2D eigenvalue weighted by molar-refractivity contribution is 6.36. The van der Waals surface area contributed by atoms with Gasteiger partial charge in [-0.1, -0.05) is 102 Å². The van der Waals surface area contributed by atoms with Crippen molar-refractivity contribution in [2.45, 2.75) is 51.7 Å². The zero-order valence-corrected chi connectivity index (χ0v) is 23.2. The molecule has 1 unspecified atom stereocenters. The van der Waals surface area contributed by atoms with Crippen LogP contribution in [0.3, 0.4) is 0 Å². The molecule has 0 saturated carbocycles. The number of aryl methyl sites for hydroxylation is 1. The summed E-state index contributed by atoms with van der Waals surface area (Å²) in [6.45, 7) is 3.96. The van der Waals surface area contributed by atoms with Crippen LogP contribution >= 0.6 is 23.2 Å². The number of hydrogen-bond donors (Lipinski definition) is 1. The molecule has 1 N–H and O–H groups in total. The van der Waals surface area contributed by atoms with Gasteiger partial charge < -0.3 is 10.2 Å². The molecule has 6 heteroatoms. The summed E-state index contributed by atoms with van der Waals surface area (Å²) < 4.78 is 0. The van der Waals surface area contributed by atoms with Gasteiger partial charge in [-0.15, -0.1) is 0 Å². The Kier molecular flexibility index (Phi) is 9.43. The van der Waals surface area contributed by atoms with Crippen molar-refractivity contribution in [3.63, 3.8) is 0 Å². The molecule has 0 bridgehead atoms. The van der Waals surface area contributed by atoms with Gasteiger partial charge >= 0.3 is 0 Å². The van der Waals surface area contributed by atoms with Crippen LogP contribution in [0.25, 0.3) is 10.8 Å². The lowest BCUT2D eigenvalue weighted by Crippen LogP contribution is -2.51. The Morgan fingerprint density at radius 1 is 0.816 bits per heavy atom. The van der Waals surface area contributed by atoms with Gasteiger partial charge in [0.25, 0.3) is 0 Å². The third kappa shape index (κ3) is 6.94. The van der Waals surface area contributed by atoms with Crippen molar-refractivity contribution in [1.29, 1.82) is 0 Å². The first kappa shape index (κ1) is 27.7. The van der Waals surface area contributed by atoms with E-state index in [2.05, 4.69) is 29.6 Å². The topological polar surface area (TPSA) is 49.4 Å². The Morgan fingerprint density at radius 3 is 2.16 bits per heavy atom. The number of nitrogens with zero attached hydrogens (tertiary/aromatic N) is 1. The van der Waals surface area contributed by atoms with Crippen LogP contribution in [0.2, 0.25) is 10.0 Å². The Bertz CT molecular complexity index is 1380. The standard InChI is InChI=1S/C32H32Cl2N2O2/c1-22(2)35-32(38)30(20-23-10-4-3-5-11-23)36(21-27-28(33)16-9-17-29(27)34)31(37)19-18-25-14-8-13-24-12-6-7-15-26(24)25/h3-17,22,30H,18-21H2,1-2H3,(H,35,38). The Morgan fingerprint density at radius 2 is 1.45 bits per heavy atom. The molecule has 0 spiro atoms. The van der Waals surface area contributed by atoms with E-state index in [0.717, 1.165) is 21.9 Å². The van der Waals surface area contributed by atoms with Crippen LogP contribution in [-0.4, -0.2) is 28.8 Å². The molecule has 4 aromatic rings. The molecule has 0 aliphatic rings. The van der Waals surface area contributed by atoms with Crippen LogP contribution in [0.5, 0.6) is 0 Å². The minimum absolute atomic E-state index is 0.0719. The molecule has 0 fully saturated rings. The first-order valence-corrected chi connectivity index (χ1v) is 13.6. The number of benzene rings is 4. The van der Waals surface area contributed by atoms with Crippen LogP contribution in [0.4, 0.5) is 0 Å². The molecule has 0 aromatic heterocycles. The van der Waals surface area contributed by atoms with Gasteiger partial charge in [-0.05, 0) is 54.3 Å². The maximum absolute atomic E-state index is 14.0. The van der Waals surface area contributed by atoms with E-state index in [1.54, 1.807) is 23.1 Å². The molecule has 2 amide bonds. The molecule has 0 aliphatic carbocycles. The van der Waals surface area contributed by atoms with Crippen molar-refractivity contribution >= 4 is 45.8 Å². The largest absolute Gasteiger partial charge is 0.352 e.